The molecule has 0 saturated heterocycles. The first-order chi connectivity index (χ1) is 14.5. The van der Waals surface area contributed by atoms with Crippen molar-refractivity contribution in [2.45, 2.75) is 52.0 Å². The molecule has 30 heavy (non-hydrogen) atoms. The van der Waals surface area contributed by atoms with E-state index in [4.69, 9.17) is 4.74 Å². The van der Waals surface area contributed by atoms with E-state index in [1.807, 2.05) is 44.2 Å². The van der Waals surface area contributed by atoms with Crippen LogP contribution in [0.1, 0.15) is 53.6 Å². The lowest BCUT2D eigenvalue weighted by Crippen LogP contribution is -2.36. The zero-order valence-electron chi connectivity index (χ0n) is 18.0. The number of hydrogen-bond acceptors (Lipinski definition) is 4. The Morgan fingerprint density at radius 1 is 1.00 bits per heavy atom. The van der Waals surface area contributed by atoms with Crippen LogP contribution in [0.4, 0.5) is 11.4 Å². The molecule has 0 unspecified atom stereocenters. The molecule has 160 valence electrons. The van der Waals surface area contributed by atoms with Gasteiger partial charge in [0.05, 0.1) is 19.3 Å². The summed E-state index contributed by atoms with van der Waals surface area (Å²) in [4.78, 5) is 24.9. The highest BCUT2D eigenvalue weighted by atomic mass is 16.5. The lowest BCUT2D eigenvalue weighted by molar-refractivity contribution is -0.114. The van der Waals surface area contributed by atoms with Crippen LogP contribution in [0, 0.1) is 13.8 Å². The highest BCUT2D eigenvalue weighted by molar-refractivity contribution is 5.96. The average molecular weight is 410 g/mol. The molecule has 0 radical (unpaired) electrons. The second-order valence-corrected chi connectivity index (χ2v) is 7.94. The standard InChI is InChI=1S/C24H31N3O3/c1-16-9-12-22(30-3)21(13-16)27-23(28)15-25-20-11-10-18(14-17(20)2)24(29)26-19-7-5-4-6-8-19/h9-14,19,25H,4-8,15H2,1-3H3,(H,26,29)(H,27,28). The largest absolute Gasteiger partial charge is 0.495 e. The second-order valence-electron chi connectivity index (χ2n) is 7.94. The number of benzene rings is 2. The summed E-state index contributed by atoms with van der Waals surface area (Å²) in [6, 6.07) is 11.4. The fourth-order valence-corrected chi connectivity index (χ4v) is 3.81. The number of hydrogen-bond donors (Lipinski definition) is 3. The topological polar surface area (TPSA) is 79.5 Å². The van der Waals surface area contributed by atoms with Gasteiger partial charge < -0.3 is 20.7 Å². The molecule has 3 rings (SSSR count). The first-order valence-corrected chi connectivity index (χ1v) is 10.6. The summed E-state index contributed by atoms with van der Waals surface area (Å²) in [7, 11) is 1.58. The molecule has 0 heterocycles. The summed E-state index contributed by atoms with van der Waals surface area (Å²) in [5, 5.41) is 9.16. The molecule has 1 aliphatic carbocycles. The number of amides is 2. The molecule has 1 saturated carbocycles. The van der Waals surface area contributed by atoms with E-state index >= 15 is 0 Å². The van der Waals surface area contributed by atoms with E-state index in [0.717, 1.165) is 29.7 Å². The fourth-order valence-electron chi connectivity index (χ4n) is 3.81. The van der Waals surface area contributed by atoms with E-state index in [-0.39, 0.29) is 24.4 Å². The number of nitrogens with one attached hydrogen (secondary N) is 3. The molecule has 2 amide bonds. The lowest BCUT2D eigenvalue weighted by Gasteiger charge is -2.23. The minimum atomic E-state index is -0.169. The van der Waals surface area contributed by atoms with Gasteiger partial charge in [0, 0.05) is 17.3 Å². The molecule has 1 fully saturated rings. The number of carbonyl (C=O) groups is 2. The van der Waals surface area contributed by atoms with E-state index in [1.54, 1.807) is 13.2 Å². The summed E-state index contributed by atoms with van der Waals surface area (Å²) >= 11 is 0. The zero-order chi connectivity index (χ0) is 21.5. The van der Waals surface area contributed by atoms with E-state index in [2.05, 4.69) is 16.0 Å². The number of aryl methyl sites for hydroxylation is 2. The van der Waals surface area contributed by atoms with Crippen LogP contribution < -0.4 is 20.7 Å². The highest BCUT2D eigenvalue weighted by Crippen LogP contribution is 2.25. The summed E-state index contributed by atoms with van der Waals surface area (Å²) < 4.78 is 5.30. The maximum atomic E-state index is 12.5. The Morgan fingerprint density at radius 2 is 1.77 bits per heavy atom. The van der Waals surface area contributed by atoms with Crippen LogP contribution in [-0.4, -0.2) is 31.5 Å². The average Bonchev–Trinajstić information content (AvgIpc) is 2.73. The van der Waals surface area contributed by atoms with Crippen LogP contribution in [0.2, 0.25) is 0 Å². The molecule has 1 aliphatic rings. The number of rotatable bonds is 7. The lowest BCUT2D eigenvalue weighted by atomic mass is 9.95. The van der Waals surface area contributed by atoms with Crippen molar-refractivity contribution in [2.24, 2.45) is 0 Å². The van der Waals surface area contributed by atoms with Crippen molar-refractivity contribution in [3.63, 3.8) is 0 Å². The molecular formula is C24H31N3O3. The summed E-state index contributed by atoms with van der Waals surface area (Å²) in [5.74, 6) is 0.428. The number of carbonyl (C=O) groups excluding carboxylic acids is 2. The van der Waals surface area contributed by atoms with Gasteiger partial charge in [0.1, 0.15) is 5.75 Å². The fraction of sp³-hybridized carbons (Fsp3) is 0.417. The van der Waals surface area contributed by atoms with Gasteiger partial charge in [-0.1, -0.05) is 25.3 Å². The third-order valence-corrected chi connectivity index (χ3v) is 5.50. The SMILES string of the molecule is COc1ccc(C)cc1NC(=O)CNc1ccc(C(=O)NC2CCCCC2)cc1C. The van der Waals surface area contributed by atoms with Crippen molar-refractivity contribution < 1.29 is 14.3 Å². The van der Waals surface area contributed by atoms with Crippen LogP contribution >= 0.6 is 0 Å². The number of ether oxygens (including phenoxy) is 1. The molecule has 6 heteroatoms. The molecule has 0 aromatic heterocycles. The number of anilines is 2. The van der Waals surface area contributed by atoms with Gasteiger partial charge >= 0.3 is 0 Å². The first-order valence-electron chi connectivity index (χ1n) is 10.6. The molecule has 0 atom stereocenters. The van der Waals surface area contributed by atoms with E-state index in [9.17, 15) is 9.59 Å². The predicted octanol–water partition coefficient (Wildman–Crippen LogP) is 4.43. The molecule has 0 spiro atoms. The molecule has 0 aliphatic heterocycles. The maximum Gasteiger partial charge on any atom is 0.251 e. The normalized spacial score (nSPS) is 14.1. The Kier molecular flexibility index (Phi) is 7.33. The van der Waals surface area contributed by atoms with Crippen LogP contribution in [-0.2, 0) is 4.79 Å². The van der Waals surface area contributed by atoms with Crippen LogP contribution in [0.25, 0.3) is 0 Å². The van der Waals surface area contributed by atoms with Gasteiger partial charge in [0.2, 0.25) is 5.91 Å². The second kappa shape index (κ2) is 10.1. The van der Waals surface area contributed by atoms with E-state index in [0.29, 0.717) is 17.0 Å². The third-order valence-electron chi connectivity index (χ3n) is 5.50. The predicted molar refractivity (Wildman–Crippen MR) is 120 cm³/mol. The summed E-state index contributed by atoms with van der Waals surface area (Å²) in [6.07, 6.45) is 5.75. The minimum Gasteiger partial charge on any atom is -0.495 e. The van der Waals surface area contributed by atoms with Gasteiger partial charge in [0.25, 0.3) is 5.91 Å². The summed E-state index contributed by atoms with van der Waals surface area (Å²) in [6.45, 7) is 4.01. The molecule has 2 aromatic carbocycles. The molecule has 6 nitrogen and oxygen atoms in total. The number of methoxy groups -OCH3 is 1. The smallest absolute Gasteiger partial charge is 0.251 e. The van der Waals surface area contributed by atoms with E-state index in [1.165, 1.54) is 19.3 Å². The van der Waals surface area contributed by atoms with Crippen molar-refractivity contribution in [3.8, 4) is 5.75 Å². The first kappa shape index (κ1) is 21.7. The van der Waals surface area contributed by atoms with Crippen LogP contribution in [0.15, 0.2) is 36.4 Å². The van der Waals surface area contributed by atoms with Crippen molar-refractivity contribution in [1.82, 2.24) is 5.32 Å². The highest BCUT2D eigenvalue weighted by Gasteiger charge is 2.17. The maximum absolute atomic E-state index is 12.5. The van der Waals surface area contributed by atoms with Gasteiger partial charge in [0.15, 0.2) is 0 Å². The summed E-state index contributed by atoms with van der Waals surface area (Å²) in [5.41, 5.74) is 4.09. The molecule has 2 aromatic rings. The Hall–Kier alpha value is -3.02. The Balaban J connectivity index is 1.56. The van der Waals surface area contributed by atoms with Crippen molar-refractivity contribution >= 4 is 23.2 Å². The Bertz CT molecular complexity index is 905. The van der Waals surface area contributed by atoms with Gasteiger partial charge in [-0.05, 0) is 68.1 Å². The van der Waals surface area contributed by atoms with Crippen LogP contribution in [0.5, 0.6) is 5.75 Å². The minimum absolute atomic E-state index is 0.0270. The quantitative estimate of drug-likeness (QED) is 0.632. The monoisotopic (exact) mass is 409 g/mol. The zero-order valence-corrected chi connectivity index (χ0v) is 18.0. The Morgan fingerprint density at radius 3 is 2.47 bits per heavy atom. The van der Waals surface area contributed by atoms with Crippen LogP contribution in [0.3, 0.4) is 0 Å². The van der Waals surface area contributed by atoms with Crippen molar-refractivity contribution in [2.75, 3.05) is 24.3 Å². The van der Waals surface area contributed by atoms with Gasteiger partial charge in [-0.25, -0.2) is 0 Å². The molecule has 0 bridgehead atoms. The molecular weight excluding hydrogens is 378 g/mol. The molecule has 3 N–H and O–H groups in total. The van der Waals surface area contributed by atoms with Gasteiger partial charge in [-0.15, -0.1) is 0 Å². The van der Waals surface area contributed by atoms with Gasteiger partial charge in [-0.2, -0.15) is 0 Å². The van der Waals surface area contributed by atoms with Crippen molar-refractivity contribution in [3.05, 3.63) is 53.1 Å². The van der Waals surface area contributed by atoms with E-state index < -0.39 is 0 Å². The van der Waals surface area contributed by atoms with Gasteiger partial charge in [-0.3, -0.25) is 9.59 Å². The third kappa shape index (κ3) is 5.75. The van der Waals surface area contributed by atoms with Crippen molar-refractivity contribution in [1.29, 1.82) is 0 Å². The Labute approximate surface area is 178 Å².